The number of nitrogens with zero attached hydrogens (tertiary/aromatic N) is 1. The fraction of sp³-hybridized carbons (Fsp3) is 1.00. The Hall–Kier alpha value is 0.440. The fourth-order valence-corrected chi connectivity index (χ4v) is 1.19. The van der Waals surface area contributed by atoms with Gasteiger partial charge < -0.3 is 4.90 Å². The highest BCUT2D eigenvalue weighted by Gasteiger charge is 2.02. The van der Waals surface area contributed by atoms with E-state index in [1.165, 1.54) is 25.9 Å². The Morgan fingerprint density at radius 2 is 1.58 bits per heavy atom. The average molecular weight is 236 g/mol. The van der Waals surface area contributed by atoms with Crippen LogP contribution in [0.1, 0.15) is 33.6 Å². The van der Waals surface area contributed by atoms with E-state index >= 15 is 0 Å². The van der Waals surface area contributed by atoms with Crippen LogP contribution in [0.2, 0.25) is 0 Å². The molecule has 0 saturated heterocycles. The van der Waals surface area contributed by atoms with Crippen molar-refractivity contribution in [2.24, 2.45) is 5.92 Å². The molecule has 0 aromatic rings. The minimum atomic E-state index is 0.652. The van der Waals surface area contributed by atoms with Crippen LogP contribution < -0.4 is 0 Å². The summed E-state index contributed by atoms with van der Waals surface area (Å²) in [6.07, 6.45) is 2.56. The Kier molecular flexibility index (Phi) is 7.16. The van der Waals surface area contributed by atoms with Crippen molar-refractivity contribution >= 4 is 15.9 Å². The van der Waals surface area contributed by atoms with Gasteiger partial charge in [0.2, 0.25) is 0 Å². The molecule has 0 radical (unpaired) electrons. The number of halogens is 1. The number of rotatable bonds is 6. The van der Waals surface area contributed by atoms with E-state index in [2.05, 4.69) is 48.6 Å². The lowest BCUT2D eigenvalue weighted by Gasteiger charge is -2.18. The van der Waals surface area contributed by atoms with Gasteiger partial charge in [-0.25, -0.2) is 0 Å². The molecule has 0 amide bonds. The van der Waals surface area contributed by atoms with Crippen molar-refractivity contribution in [1.29, 1.82) is 0 Å². The predicted octanol–water partition coefficient (Wildman–Crippen LogP) is 3.14. The molecule has 0 aliphatic carbocycles. The second-order valence-electron chi connectivity index (χ2n) is 4.06. The lowest BCUT2D eigenvalue weighted by atomic mass is 10.1. The molecule has 0 N–H and O–H groups in total. The summed E-state index contributed by atoms with van der Waals surface area (Å²) in [5.41, 5.74) is 0. The van der Waals surface area contributed by atoms with E-state index in [1.54, 1.807) is 0 Å². The zero-order valence-corrected chi connectivity index (χ0v) is 10.4. The lowest BCUT2D eigenvalue weighted by Crippen LogP contribution is -2.23. The van der Waals surface area contributed by atoms with E-state index < -0.39 is 0 Å². The van der Waals surface area contributed by atoms with Crippen molar-refractivity contribution < 1.29 is 0 Å². The summed E-state index contributed by atoms with van der Waals surface area (Å²) in [6.45, 7) is 9.20. The van der Waals surface area contributed by atoms with Crippen LogP contribution in [0.5, 0.6) is 0 Å². The third kappa shape index (κ3) is 8.54. The standard InChI is InChI=1S/C10H22BrN/c1-9(2)5-7-12(4)8-6-10(3)11/h9-10H,5-8H2,1-4H3. The summed E-state index contributed by atoms with van der Waals surface area (Å²) >= 11 is 3.56. The molecule has 0 aliphatic rings. The highest BCUT2D eigenvalue weighted by atomic mass is 79.9. The molecule has 0 heterocycles. The Morgan fingerprint density at radius 1 is 1.08 bits per heavy atom. The maximum absolute atomic E-state index is 3.56. The highest BCUT2D eigenvalue weighted by molar-refractivity contribution is 9.09. The number of hydrogen-bond donors (Lipinski definition) is 0. The Bertz CT molecular complexity index is 90.0. The van der Waals surface area contributed by atoms with Crippen molar-refractivity contribution in [1.82, 2.24) is 4.90 Å². The molecule has 0 fully saturated rings. The minimum Gasteiger partial charge on any atom is -0.306 e. The molecule has 0 aromatic heterocycles. The van der Waals surface area contributed by atoms with Crippen LogP contribution >= 0.6 is 15.9 Å². The lowest BCUT2D eigenvalue weighted by molar-refractivity contribution is 0.307. The van der Waals surface area contributed by atoms with Gasteiger partial charge >= 0.3 is 0 Å². The maximum Gasteiger partial charge on any atom is 0.0129 e. The van der Waals surface area contributed by atoms with Gasteiger partial charge in [0.25, 0.3) is 0 Å². The summed E-state index contributed by atoms with van der Waals surface area (Å²) < 4.78 is 0. The second kappa shape index (κ2) is 6.90. The van der Waals surface area contributed by atoms with Crippen LogP contribution in [0.4, 0.5) is 0 Å². The molecule has 0 aromatic carbocycles. The van der Waals surface area contributed by atoms with Gasteiger partial charge in [-0.2, -0.15) is 0 Å². The van der Waals surface area contributed by atoms with Crippen molar-refractivity contribution in [3.63, 3.8) is 0 Å². The van der Waals surface area contributed by atoms with Gasteiger partial charge in [-0.3, -0.25) is 0 Å². The first-order chi connectivity index (χ1) is 5.52. The highest BCUT2D eigenvalue weighted by Crippen LogP contribution is 2.05. The van der Waals surface area contributed by atoms with E-state index in [-0.39, 0.29) is 0 Å². The Morgan fingerprint density at radius 3 is 2.00 bits per heavy atom. The van der Waals surface area contributed by atoms with E-state index in [4.69, 9.17) is 0 Å². The monoisotopic (exact) mass is 235 g/mol. The molecule has 0 rings (SSSR count). The molecular weight excluding hydrogens is 214 g/mol. The van der Waals surface area contributed by atoms with Crippen molar-refractivity contribution in [3.05, 3.63) is 0 Å². The molecule has 2 heteroatoms. The van der Waals surface area contributed by atoms with Crippen LogP contribution in [0.25, 0.3) is 0 Å². The number of alkyl halides is 1. The molecule has 12 heavy (non-hydrogen) atoms. The predicted molar refractivity (Wildman–Crippen MR) is 60.0 cm³/mol. The summed E-state index contributed by atoms with van der Waals surface area (Å²) in [7, 11) is 2.21. The first kappa shape index (κ1) is 12.4. The van der Waals surface area contributed by atoms with Crippen molar-refractivity contribution in [2.75, 3.05) is 20.1 Å². The van der Waals surface area contributed by atoms with Gasteiger partial charge in [-0.05, 0) is 38.9 Å². The first-order valence-corrected chi connectivity index (χ1v) is 5.76. The van der Waals surface area contributed by atoms with Gasteiger partial charge in [0, 0.05) is 4.83 Å². The van der Waals surface area contributed by atoms with Crippen LogP contribution in [-0.2, 0) is 0 Å². The Balaban J connectivity index is 3.27. The maximum atomic E-state index is 3.56. The third-order valence-electron chi connectivity index (χ3n) is 2.00. The third-order valence-corrected chi connectivity index (χ3v) is 2.45. The quantitative estimate of drug-likeness (QED) is 0.640. The Labute approximate surface area is 85.7 Å². The van der Waals surface area contributed by atoms with E-state index in [0.717, 1.165) is 5.92 Å². The molecule has 74 valence electrons. The number of hydrogen-bond acceptors (Lipinski definition) is 1. The van der Waals surface area contributed by atoms with Gasteiger partial charge in [-0.15, -0.1) is 0 Å². The topological polar surface area (TPSA) is 3.24 Å². The molecular formula is C10H22BrN. The molecule has 0 bridgehead atoms. The second-order valence-corrected chi connectivity index (χ2v) is 5.62. The van der Waals surface area contributed by atoms with Gasteiger partial charge in [0.15, 0.2) is 0 Å². The van der Waals surface area contributed by atoms with Gasteiger partial charge in [0.1, 0.15) is 0 Å². The van der Waals surface area contributed by atoms with E-state index in [9.17, 15) is 0 Å². The van der Waals surface area contributed by atoms with Gasteiger partial charge in [-0.1, -0.05) is 36.7 Å². The van der Waals surface area contributed by atoms with Crippen LogP contribution in [0, 0.1) is 5.92 Å². The minimum absolute atomic E-state index is 0.652. The van der Waals surface area contributed by atoms with Gasteiger partial charge in [0.05, 0.1) is 0 Å². The zero-order chi connectivity index (χ0) is 9.56. The van der Waals surface area contributed by atoms with E-state index in [0.29, 0.717) is 4.83 Å². The summed E-state index contributed by atoms with van der Waals surface area (Å²) in [5, 5.41) is 0. The molecule has 1 atom stereocenters. The van der Waals surface area contributed by atoms with Crippen LogP contribution in [0.15, 0.2) is 0 Å². The van der Waals surface area contributed by atoms with Crippen LogP contribution in [0.3, 0.4) is 0 Å². The summed E-state index contributed by atoms with van der Waals surface area (Å²) in [6, 6.07) is 0. The largest absolute Gasteiger partial charge is 0.306 e. The first-order valence-electron chi connectivity index (χ1n) is 4.85. The van der Waals surface area contributed by atoms with E-state index in [1.807, 2.05) is 0 Å². The summed E-state index contributed by atoms with van der Waals surface area (Å²) in [4.78, 5) is 3.07. The molecule has 1 unspecified atom stereocenters. The van der Waals surface area contributed by atoms with Crippen LogP contribution in [-0.4, -0.2) is 29.9 Å². The molecule has 0 spiro atoms. The van der Waals surface area contributed by atoms with Crippen molar-refractivity contribution in [2.45, 2.75) is 38.4 Å². The normalized spacial score (nSPS) is 14.2. The molecule has 0 aliphatic heterocycles. The SMILES string of the molecule is CC(C)CCN(C)CCC(C)Br. The fourth-order valence-electron chi connectivity index (χ4n) is 0.989. The molecule has 1 nitrogen and oxygen atoms in total. The molecule has 0 saturated carbocycles. The zero-order valence-electron chi connectivity index (χ0n) is 8.81. The van der Waals surface area contributed by atoms with Crippen molar-refractivity contribution in [3.8, 4) is 0 Å². The summed E-state index contributed by atoms with van der Waals surface area (Å²) in [5.74, 6) is 0.828. The smallest absolute Gasteiger partial charge is 0.0129 e. The average Bonchev–Trinajstić information content (AvgIpc) is 1.96.